The van der Waals surface area contributed by atoms with E-state index in [0.29, 0.717) is 12.0 Å². The second-order valence-corrected chi connectivity index (χ2v) is 5.07. The van der Waals surface area contributed by atoms with Gasteiger partial charge in [-0.25, -0.2) is 0 Å². The minimum atomic E-state index is 0.390. The molecule has 0 amide bonds. The van der Waals surface area contributed by atoms with Crippen molar-refractivity contribution < 1.29 is 0 Å². The molecule has 1 aromatic rings. The summed E-state index contributed by atoms with van der Waals surface area (Å²) >= 11 is 0. The summed E-state index contributed by atoms with van der Waals surface area (Å²) < 4.78 is 0. The Bertz CT molecular complexity index is 332. The molecule has 0 radical (unpaired) electrons. The van der Waals surface area contributed by atoms with Crippen molar-refractivity contribution in [2.75, 3.05) is 0 Å². The third-order valence-electron chi connectivity index (χ3n) is 3.74. The summed E-state index contributed by atoms with van der Waals surface area (Å²) in [5, 5.41) is 0. The van der Waals surface area contributed by atoms with E-state index >= 15 is 0 Å². The van der Waals surface area contributed by atoms with Crippen LogP contribution in [0.5, 0.6) is 0 Å². The van der Waals surface area contributed by atoms with Gasteiger partial charge in [0.15, 0.2) is 0 Å². The molecule has 0 bridgehead atoms. The lowest BCUT2D eigenvalue weighted by molar-refractivity contribution is 0.450. The molecule has 1 heteroatoms. The van der Waals surface area contributed by atoms with Gasteiger partial charge in [0.1, 0.15) is 0 Å². The van der Waals surface area contributed by atoms with Crippen molar-refractivity contribution in [3.63, 3.8) is 0 Å². The molecule has 1 aromatic carbocycles. The van der Waals surface area contributed by atoms with E-state index in [2.05, 4.69) is 31.2 Å². The lowest BCUT2D eigenvalue weighted by Crippen LogP contribution is -2.24. The van der Waals surface area contributed by atoms with Crippen molar-refractivity contribution in [2.45, 2.75) is 57.4 Å². The SMILES string of the molecule is CCCC(N)CC1CCCc2ccccc21. The van der Waals surface area contributed by atoms with E-state index in [4.69, 9.17) is 5.73 Å². The predicted molar refractivity (Wildman–Crippen MR) is 69.6 cm³/mol. The standard InChI is InChI=1S/C15H23N/c1-2-6-14(16)11-13-9-5-8-12-7-3-4-10-15(12)13/h3-4,7,10,13-14H,2,5-6,8-9,11,16H2,1H3. The largest absolute Gasteiger partial charge is 0.328 e. The third kappa shape index (κ3) is 2.65. The monoisotopic (exact) mass is 217 g/mol. The van der Waals surface area contributed by atoms with Crippen LogP contribution in [0.3, 0.4) is 0 Å². The highest BCUT2D eigenvalue weighted by Gasteiger charge is 2.21. The number of hydrogen-bond acceptors (Lipinski definition) is 1. The van der Waals surface area contributed by atoms with Crippen molar-refractivity contribution in [3.05, 3.63) is 35.4 Å². The first-order chi connectivity index (χ1) is 7.81. The third-order valence-corrected chi connectivity index (χ3v) is 3.74. The first-order valence-electron chi connectivity index (χ1n) is 6.64. The van der Waals surface area contributed by atoms with E-state index < -0.39 is 0 Å². The zero-order valence-electron chi connectivity index (χ0n) is 10.3. The van der Waals surface area contributed by atoms with Crippen LogP contribution in [0, 0.1) is 0 Å². The summed E-state index contributed by atoms with van der Waals surface area (Å²) in [7, 11) is 0. The molecule has 0 aliphatic heterocycles. The maximum atomic E-state index is 6.17. The summed E-state index contributed by atoms with van der Waals surface area (Å²) in [6, 6.07) is 9.31. The predicted octanol–water partition coefficient (Wildman–Crippen LogP) is 3.62. The highest BCUT2D eigenvalue weighted by atomic mass is 14.6. The minimum absolute atomic E-state index is 0.390. The normalized spacial score (nSPS) is 21.5. The highest BCUT2D eigenvalue weighted by molar-refractivity contribution is 5.32. The molecule has 88 valence electrons. The number of fused-ring (bicyclic) bond motifs is 1. The van der Waals surface area contributed by atoms with E-state index in [-0.39, 0.29) is 0 Å². The summed E-state index contributed by atoms with van der Waals surface area (Å²) in [6.07, 6.45) is 7.46. The van der Waals surface area contributed by atoms with Crippen LogP contribution in [-0.4, -0.2) is 6.04 Å². The van der Waals surface area contributed by atoms with Gasteiger partial charge < -0.3 is 5.73 Å². The Labute approximate surface area is 99.0 Å². The molecule has 0 saturated heterocycles. The Morgan fingerprint density at radius 1 is 1.38 bits per heavy atom. The number of benzene rings is 1. The zero-order chi connectivity index (χ0) is 11.4. The molecular formula is C15H23N. The summed E-state index contributed by atoms with van der Waals surface area (Å²) in [6.45, 7) is 2.22. The quantitative estimate of drug-likeness (QED) is 0.819. The van der Waals surface area contributed by atoms with Crippen LogP contribution < -0.4 is 5.73 Å². The Morgan fingerprint density at radius 3 is 3.00 bits per heavy atom. The molecule has 1 nitrogen and oxygen atoms in total. The lowest BCUT2D eigenvalue weighted by Gasteiger charge is -2.27. The molecule has 1 aliphatic rings. The second kappa shape index (κ2) is 5.49. The summed E-state index contributed by atoms with van der Waals surface area (Å²) in [5.74, 6) is 0.714. The average Bonchev–Trinajstić information content (AvgIpc) is 2.30. The van der Waals surface area contributed by atoms with Gasteiger partial charge in [0.25, 0.3) is 0 Å². The molecule has 2 N–H and O–H groups in total. The Balaban J connectivity index is 2.07. The molecule has 0 aromatic heterocycles. The maximum absolute atomic E-state index is 6.17. The number of aryl methyl sites for hydroxylation is 1. The smallest absolute Gasteiger partial charge is 0.00445 e. The second-order valence-electron chi connectivity index (χ2n) is 5.07. The van der Waals surface area contributed by atoms with Gasteiger partial charge in [0.2, 0.25) is 0 Å². The average molecular weight is 217 g/mol. The van der Waals surface area contributed by atoms with Crippen LogP contribution in [0.1, 0.15) is 56.1 Å². The summed E-state index contributed by atoms with van der Waals surface area (Å²) in [4.78, 5) is 0. The lowest BCUT2D eigenvalue weighted by atomic mass is 9.79. The first kappa shape index (κ1) is 11.7. The van der Waals surface area contributed by atoms with E-state index in [1.54, 1.807) is 11.1 Å². The van der Waals surface area contributed by atoms with Gasteiger partial charge in [-0.2, -0.15) is 0 Å². The number of rotatable bonds is 4. The fraction of sp³-hybridized carbons (Fsp3) is 0.600. The molecule has 0 heterocycles. The Kier molecular flexibility index (Phi) is 4.00. The molecule has 0 saturated carbocycles. The molecular weight excluding hydrogens is 194 g/mol. The van der Waals surface area contributed by atoms with Gasteiger partial charge in [-0.1, -0.05) is 37.6 Å². The maximum Gasteiger partial charge on any atom is 0.00445 e. The van der Waals surface area contributed by atoms with Crippen molar-refractivity contribution in [1.82, 2.24) is 0 Å². The van der Waals surface area contributed by atoms with E-state index in [0.717, 1.165) is 0 Å². The van der Waals surface area contributed by atoms with E-state index in [1.807, 2.05) is 0 Å². The first-order valence-corrected chi connectivity index (χ1v) is 6.64. The van der Waals surface area contributed by atoms with Crippen LogP contribution >= 0.6 is 0 Å². The van der Waals surface area contributed by atoms with Gasteiger partial charge in [-0.15, -0.1) is 0 Å². The molecule has 0 spiro atoms. The van der Waals surface area contributed by atoms with Crippen LogP contribution in [0.4, 0.5) is 0 Å². The highest BCUT2D eigenvalue weighted by Crippen LogP contribution is 2.34. The molecule has 0 fully saturated rings. The molecule has 2 atom stereocenters. The topological polar surface area (TPSA) is 26.0 Å². The van der Waals surface area contributed by atoms with Gasteiger partial charge in [0.05, 0.1) is 0 Å². The Hall–Kier alpha value is -0.820. The molecule has 16 heavy (non-hydrogen) atoms. The molecule has 1 aliphatic carbocycles. The van der Waals surface area contributed by atoms with Crippen LogP contribution in [0.2, 0.25) is 0 Å². The minimum Gasteiger partial charge on any atom is -0.328 e. The fourth-order valence-electron chi connectivity index (χ4n) is 2.95. The van der Waals surface area contributed by atoms with Gasteiger partial charge in [-0.3, -0.25) is 0 Å². The van der Waals surface area contributed by atoms with Gasteiger partial charge in [0, 0.05) is 6.04 Å². The molecule has 2 unspecified atom stereocenters. The summed E-state index contributed by atoms with van der Waals surface area (Å²) in [5.41, 5.74) is 9.30. The Morgan fingerprint density at radius 2 is 2.19 bits per heavy atom. The van der Waals surface area contributed by atoms with Gasteiger partial charge in [-0.05, 0) is 49.1 Å². The van der Waals surface area contributed by atoms with Crippen molar-refractivity contribution in [2.24, 2.45) is 5.73 Å². The van der Waals surface area contributed by atoms with Crippen LogP contribution in [-0.2, 0) is 6.42 Å². The van der Waals surface area contributed by atoms with Crippen molar-refractivity contribution >= 4 is 0 Å². The number of nitrogens with two attached hydrogens (primary N) is 1. The van der Waals surface area contributed by atoms with E-state index in [1.165, 1.54) is 38.5 Å². The van der Waals surface area contributed by atoms with Crippen molar-refractivity contribution in [1.29, 1.82) is 0 Å². The van der Waals surface area contributed by atoms with Crippen LogP contribution in [0.25, 0.3) is 0 Å². The zero-order valence-corrected chi connectivity index (χ0v) is 10.3. The molecule has 2 rings (SSSR count). The number of hydrogen-bond donors (Lipinski definition) is 1. The van der Waals surface area contributed by atoms with Crippen LogP contribution in [0.15, 0.2) is 24.3 Å². The van der Waals surface area contributed by atoms with Gasteiger partial charge >= 0.3 is 0 Å². The fourth-order valence-corrected chi connectivity index (χ4v) is 2.95. The van der Waals surface area contributed by atoms with Crippen molar-refractivity contribution in [3.8, 4) is 0 Å². The van der Waals surface area contributed by atoms with E-state index in [9.17, 15) is 0 Å².